The molecular weight excluding hydrogens is 312 g/mol. The van der Waals surface area contributed by atoms with Gasteiger partial charge in [-0.25, -0.2) is 0 Å². The molecule has 0 saturated carbocycles. The number of benzene rings is 4. The third-order valence-corrected chi connectivity index (χ3v) is 5.32. The van der Waals surface area contributed by atoms with Crippen molar-refractivity contribution in [1.82, 2.24) is 0 Å². The van der Waals surface area contributed by atoms with E-state index in [1.807, 2.05) is 0 Å². The molecule has 0 aliphatic carbocycles. The quantitative estimate of drug-likeness (QED) is 0.310. The van der Waals surface area contributed by atoms with Gasteiger partial charge in [0.05, 0.1) is 0 Å². The normalized spacial score (nSPS) is 10.7. The minimum atomic E-state index is 1.33. The van der Waals surface area contributed by atoms with Crippen molar-refractivity contribution in [3.63, 3.8) is 0 Å². The maximum absolute atomic E-state index is 2.28. The van der Waals surface area contributed by atoms with Gasteiger partial charge in [0.15, 0.2) is 0 Å². The van der Waals surface area contributed by atoms with Crippen molar-refractivity contribution >= 4 is 21.5 Å². The van der Waals surface area contributed by atoms with Crippen molar-refractivity contribution in [2.75, 3.05) is 0 Å². The molecule has 4 aromatic rings. The lowest BCUT2D eigenvalue weighted by atomic mass is 10.00. The molecule has 0 saturated heterocycles. The molecule has 132 valence electrons. The predicted molar refractivity (Wildman–Crippen MR) is 116 cm³/mol. The van der Waals surface area contributed by atoms with Gasteiger partial charge in [-0.15, -0.1) is 0 Å². The van der Waals surface area contributed by atoms with Gasteiger partial charge in [0.2, 0.25) is 0 Å². The van der Waals surface area contributed by atoms with Crippen LogP contribution >= 0.6 is 0 Å². The molecular formula is C26H28. The van der Waals surface area contributed by atoms with E-state index in [-0.39, 0.29) is 0 Å². The Morgan fingerprint density at radius 2 is 1.00 bits per heavy atom. The molecule has 0 aliphatic heterocycles. The summed E-state index contributed by atoms with van der Waals surface area (Å²) in [7, 11) is 0. The topological polar surface area (TPSA) is 0 Å². The van der Waals surface area contributed by atoms with E-state index in [0.717, 1.165) is 0 Å². The monoisotopic (exact) mass is 340 g/mol. The summed E-state index contributed by atoms with van der Waals surface area (Å²) >= 11 is 0. The highest BCUT2D eigenvalue weighted by Gasteiger charge is 1.99. The van der Waals surface area contributed by atoms with Crippen LogP contribution in [0.15, 0.2) is 60.7 Å². The zero-order chi connectivity index (χ0) is 18.8. The largest absolute Gasteiger partial charge is 0.0614 e. The minimum Gasteiger partial charge on any atom is -0.0614 e. The Kier molecular flexibility index (Phi) is 5.13. The Bertz CT molecular complexity index is 1080. The first kappa shape index (κ1) is 18.2. The average molecular weight is 341 g/mol. The highest BCUT2D eigenvalue weighted by Crippen LogP contribution is 2.22. The highest BCUT2D eigenvalue weighted by atomic mass is 14.0. The third kappa shape index (κ3) is 3.80. The van der Waals surface area contributed by atoms with E-state index >= 15 is 0 Å². The molecule has 0 nitrogen and oxygen atoms in total. The molecule has 26 heavy (non-hydrogen) atoms. The molecule has 0 aliphatic rings. The summed E-state index contributed by atoms with van der Waals surface area (Å²) < 4.78 is 0. The fourth-order valence-corrected chi connectivity index (χ4v) is 3.35. The molecule has 0 amide bonds. The zero-order valence-corrected chi connectivity index (χ0v) is 16.8. The number of aryl methyl sites for hydroxylation is 6. The van der Waals surface area contributed by atoms with Crippen LogP contribution in [0.3, 0.4) is 0 Å². The molecule has 0 aromatic heterocycles. The van der Waals surface area contributed by atoms with E-state index in [0.29, 0.717) is 0 Å². The number of rotatable bonds is 0. The molecule has 0 unspecified atom stereocenters. The maximum Gasteiger partial charge on any atom is -0.0152 e. The van der Waals surface area contributed by atoms with Gasteiger partial charge in [-0.2, -0.15) is 0 Å². The summed E-state index contributed by atoms with van der Waals surface area (Å²) in [5.74, 6) is 0. The van der Waals surface area contributed by atoms with Crippen LogP contribution in [0.5, 0.6) is 0 Å². The van der Waals surface area contributed by atoms with Crippen molar-refractivity contribution < 1.29 is 0 Å². The highest BCUT2D eigenvalue weighted by molar-refractivity contribution is 5.87. The van der Waals surface area contributed by atoms with Gasteiger partial charge in [0, 0.05) is 0 Å². The number of hydrogen-bond donors (Lipinski definition) is 0. The Labute approximate surface area is 157 Å². The molecule has 0 radical (unpaired) electrons. The summed E-state index contributed by atoms with van der Waals surface area (Å²) in [4.78, 5) is 0. The molecule has 0 bridgehead atoms. The fraction of sp³-hybridized carbons (Fsp3) is 0.231. The van der Waals surface area contributed by atoms with Crippen molar-refractivity contribution in [3.8, 4) is 0 Å². The Hall–Kier alpha value is -2.60. The second-order valence-electron chi connectivity index (χ2n) is 7.52. The summed E-state index contributed by atoms with van der Waals surface area (Å²) in [6, 6.07) is 22.1. The van der Waals surface area contributed by atoms with E-state index in [1.54, 1.807) is 0 Å². The maximum atomic E-state index is 2.28. The van der Waals surface area contributed by atoms with E-state index in [4.69, 9.17) is 0 Å². The lowest BCUT2D eigenvalue weighted by Gasteiger charge is -2.05. The van der Waals surface area contributed by atoms with Gasteiger partial charge in [0.1, 0.15) is 0 Å². The van der Waals surface area contributed by atoms with Crippen LogP contribution in [0.4, 0.5) is 0 Å². The van der Waals surface area contributed by atoms with Crippen molar-refractivity contribution in [2.45, 2.75) is 41.5 Å². The van der Waals surface area contributed by atoms with Crippen molar-refractivity contribution in [1.29, 1.82) is 0 Å². The van der Waals surface area contributed by atoms with Gasteiger partial charge in [-0.05, 0) is 90.9 Å². The van der Waals surface area contributed by atoms with Gasteiger partial charge in [-0.1, -0.05) is 66.2 Å². The molecule has 0 heteroatoms. The minimum absolute atomic E-state index is 1.33. The molecule has 4 aromatic carbocycles. The molecule has 4 rings (SSSR count). The summed E-state index contributed by atoms with van der Waals surface area (Å²) in [5.41, 5.74) is 8.19. The summed E-state index contributed by atoms with van der Waals surface area (Å²) in [5, 5.41) is 5.42. The zero-order valence-electron chi connectivity index (χ0n) is 16.8. The van der Waals surface area contributed by atoms with Crippen molar-refractivity contribution in [2.24, 2.45) is 0 Å². The summed E-state index contributed by atoms with van der Waals surface area (Å²) in [6.07, 6.45) is 0. The van der Waals surface area contributed by atoms with Crippen LogP contribution in [0.25, 0.3) is 21.5 Å². The Morgan fingerprint density at radius 3 is 1.69 bits per heavy atom. The second-order valence-corrected chi connectivity index (χ2v) is 7.52. The Balaban J connectivity index is 0.000000151. The van der Waals surface area contributed by atoms with Gasteiger partial charge in [0.25, 0.3) is 0 Å². The average Bonchev–Trinajstić information content (AvgIpc) is 2.59. The molecule has 0 fully saturated rings. The van der Waals surface area contributed by atoms with Gasteiger partial charge >= 0.3 is 0 Å². The van der Waals surface area contributed by atoms with Crippen LogP contribution in [0.2, 0.25) is 0 Å². The van der Waals surface area contributed by atoms with Crippen LogP contribution in [0.1, 0.15) is 33.4 Å². The summed E-state index contributed by atoms with van der Waals surface area (Å²) in [6.45, 7) is 13.0. The van der Waals surface area contributed by atoms with Crippen molar-refractivity contribution in [3.05, 3.63) is 94.0 Å². The standard InChI is InChI=1S/2C13H14/c1-9-4-5-12-7-10(2)11(3)8-13(12)6-9;1-9-5-4-6-12-7-10(2)11(3)8-13(9)12/h2*4-8H,1-3H3. The third-order valence-electron chi connectivity index (χ3n) is 5.32. The number of hydrogen-bond acceptors (Lipinski definition) is 0. The smallest absolute Gasteiger partial charge is 0.0152 e. The van der Waals surface area contributed by atoms with E-state index in [1.165, 1.54) is 54.9 Å². The van der Waals surface area contributed by atoms with Crippen LogP contribution in [-0.2, 0) is 0 Å². The molecule has 0 spiro atoms. The lowest BCUT2D eigenvalue weighted by Crippen LogP contribution is -1.83. The Morgan fingerprint density at radius 1 is 0.423 bits per heavy atom. The van der Waals surface area contributed by atoms with E-state index in [9.17, 15) is 0 Å². The van der Waals surface area contributed by atoms with Crippen LogP contribution in [-0.4, -0.2) is 0 Å². The molecule has 0 atom stereocenters. The van der Waals surface area contributed by atoms with Gasteiger partial charge in [-0.3, -0.25) is 0 Å². The first-order valence-electron chi connectivity index (χ1n) is 9.29. The van der Waals surface area contributed by atoms with Gasteiger partial charge < -0.3 is 0 Å². The molecule has 0 N–H and O–H groups in total. The lowest BCUT2D eigenvalue weighted by molar-refractivity contribution is 1.36. The van der Waals surface area contributed by atoms with E-state index in [2.05, 4.69) is 102 Å². The fourth-order valence-electron chi connectivity index (χ4n) is 3.35. The SMILES string of the molecule is Cc1cc2cccc(C)c2cc1C.Cc1ccc2cc(C)c(C)cc2c1. The second kappa shape index (κ2) is 7.33. The van der Waals surface area contributed by atoms with Crippen LogP contribution < -0.4 is 0 Å². The van der Waals surface area contributed by atoms with E-state index < -0.39 is 0 Å². The predicted octanol–water partition coefficient (Wildman–Crippen LogP) is 7.53. The number of fused-ring (bicyclic) bond motifs is 2. The van der Waals surface area contributed by atoms with Crippen LogP contribution in [0, 0.1) is 41.5 Å². The first-order valence-corrected chi connectivity index (χ1v) is 9.29. The molecule has 0 heterocycles. The first-order chi connectivity index (χ1) is 12.3.